The highest BCUT2D eigenvalue weighted by molar-refractivity contribution is 5.77. The number of carbonyl (C=O) groups is 7. The third kappa shape index (κ3) is 28.1. The predicted octanol–water partition coefficient (Wildman–Crippen LogP) is -24.2. The third-order valence-electron chi connectivity index (χ3n) is 26.0. The molecule has 10 rings (SSSR count). The largest absolute Gasteiger partial charge is 0.477 e. The van der Waals surface area contributed by atoms with E-state index in [1.165, 1.54) is 6.92 Å². The third-order valence-corrected chi connectivity index (χ3v) is 26.0. The molecule has 838 valence electrons. The Balaban J connectivity index is 0.991. The second kappa shape index (κ2) is 53.2. The number of hydrogen-bond donors (Lipinski definition) is 37. The molecule has 0 saturated carbocycles. The number of amides is 6. The predicted molar refractivity (Wildman–Crippen MR) is 450 cm³/mol. The molecule has 145 heavy (non-hydrogen) atoms. The molecular weight excluding hydrogens is 1980 g/mol. The molecule has 64 nitrogen and oxygen atoms in total. The number of aliphatic hydroxyl groups excluding tert-OH is 30. The van der Waals surface area contributed by atoms with Gasteiger partial charge in [0.2, 0.25) is 35.4 Å². The van der Waals surface area contributed by atoms with E-state index in [0.717, 1.165) is 41.5 Å². The van der Waals surface area contributed by atoms with E-state index in [2.05, 4.69) is 31.9 Å². The minimum atomic E-state index is -3.14. The lowest BCUT2D eigenvalue weighted by Crippen LogP contribution is -2.71. The Kier molecular flexibility index (Phi) is 44.5. The minimum Gasteiger partial charge on any atom is -0.477 e. The zero-order valence-corrected chi connectivity index (χ0v) is 78.5. The smallest absolute Gasteiger partial charge is 0.364 e. The second-order valence-corrected chi connectivity index (χ2v) is 36.5. The normalized spacial score (nSPS) is 44.9. The van der Waals surface area contributed by atoms with Crippen LogP contribution in [-0.2, 0) is 128 Å². The van der Waals surface area contributed by atoms with E-state index < -0.39 is 457 Å². The van der Waals surface area contributed by atoms with Crippen LogP contribution >= 0.6 is 0 Å². The number of carbonyl (C=O) groups excluding carboxylic acids is 6. The highest BCUT2D eigenvalue weighted by Gasteiger charge is 2.64. The van der Waals surface area contributed by atoms with Gasteiger partial charge in [-0.2, -0.15) is 0 Å². The first kappa shape index (κ1) is 121. The number of carboxylic acid groups (broad SMARTS) is 1. The number of aliphatic hydroxyl groups is 30. The van der Waals surface area contributed by atoms with Crippen LogP contribution in [0.1, 0.15) is 54.9 Å². The second-order valence-electron chi connectivity index (χ2n) is 36.5. The van der Waals surface area contributed by atoms with Crippen LogP contribution in [0.3, 0.4) is 0 Å². The maximum absolute atomic E-state index is 13.4. The van der Waals surface area contributed by atoms with Crippen molar-refractivity contribution in [3.63, 3.8) is 0 Å². The molecule has 64 heteroatoms. The summed E-state index contributed by atoms with van der Waals surface area (Å²) in [6.45, 7) is -6.67. The van der Waals surface area contributed by atoms with Gasteiger partial charge in [-0.1, -0.05) is 0 Å². The Morgan fingerprint density at radius 1 is 0.331 bits per heavy atom. The molecule has 6 amide bonds. The Morgan fingerprint density at radius 3 is 1.15 bits per heavy atom. The molecule has 10 aliphatic heterocycles. The van der Waals surface area contributed by atoms with Crippen LogP contribution < -0.4 is 31.9 Å². The number of nitrogens with one attached hydrogen (secondary N) is 6. The van der Waals surface area contributed by atoms with Crippen LogP contribution in [0, 0.1) is 0 Å². The van der Waals surface area contributed by atoms with E-state index in [-0.39, 0.29) is 0 Å². The lowest BCUT2D eigenvalue weighted by atomic mass is 9.88. The van der Waals surface area contributed by atoms with E-state index >= 15 is 0 Å². The van der Waals surface area contributed by atoms with Gasteiger partial charge in [-0.3, -0.25) is 28.8 Å². The summed E-state index contributed by atoms with van der Waals surface area (Å²) in [4.78, 5) is 90.6. The lowest BCUT2D eigenvalue weighted by Gasteiger charge is -2.51. The summed E-state index contributed by atoms with van der Waals surface area (Å²) in [6, 6.07) is -11.8. The van der Waals surface area contributed by atoms with E-state index in [4.69, 9.17) is 94.7 Å². The van der Waals surface area contributed by atoms with Crippen molar-refractivity contribution in [2.24, 2.45) is 0 Å². The fourth-order valence-electron chi connectivity index (χ4n) is 18.3. The summed E-state index contributed by atoms with van der Waals surface area (Å²) in [5, 5.41) is 363. The Hall–Kier alpha value is -5.71. The van der Waals surface area contributed by atoms with Crippen molar-refractivity contribution in [2.45, 2.75) is 392 Å². The van der Waals surface area contributed by atoms with Crippen molar-refractivity contribution in [1.82, 2.24) is 31.9 Å². The highest BCUT2D eigenvalue weighted by Crippen LogP contribution is 2.42. The van der Waals surface area contributed by atoms with Crippen molar-refractivity contribution in [3.8, 4) is 0 Å². The van der Waals surface area contributed by atoms with Gasteiger partial charge in [0.05, 0.1) is 97.0 Å². The van der Waals surface area contributed by atoms with Crippen molar-refractivity contribution in [2.75, 3.05) is 72.7 Å². The first-order valence-electron chi connectivity index (χ1n) is 46.0. The van der Waals surface area contributed by atoms with Gasteiger partial charge in [-0.05, 0) is 6.92 Å². The summed E-state index contributed by atoms with van der Waals surface area (Å²) >= 11 is 0. The SMILES string of the molecule is CC(=O)N[C@H]1[C@H]([C@H](O)[C@H](O)CO)OC(OC[C@H]2OC(O[C@H]3[C@H](O)[C@@H](NC(C)=O)C(O[C@@H]4C(O[C@H]5[C@H](O)[C@@H](COC6O[C@H](CO)[C@@H](O)[C@H](O)[C@@H]6OC6O[C@H](CO)[C@@H](OC7O[C@H](CO)[C@H](O)[C@H](O)[C@H]7O)[C@H](O)[C@H]6NC(C)=O)OC(O[C@H]6[C@H](O)[C@@H](NC(C)=O)C(O[C@@H]([C@H](O)[C@H](CO)NC(C)=O)[C@H](O)COC7O[C@@H](C)[C@@H](O)[C@@H](O)[C@@H]7O)O[C@@H]6CO)[C@H]5O)O[C@H](CO)[C@@H](O)[C@@H]4O)O[C@@H]3CO)[C@H](NC(C)=O)[C@@H](O)[C@H]2O)(C(=O)O)C[C@@H]1O. The number of aliphatic carboxylic acids is 1. The zero-order valence-electron chi connectivity index (χ0n) is 78.5. The molecule has 10 unspecified atom stereocenters. The maximum Gasteiger partial charge on any atom is 0.364 e. The number of rotatable bonds is 43. The van der Waals surface area contributed by atoms with Crippen molar-refractivity contribution in [1.29, 1.82) is 0 Å². The molecule has 0 spiro atoms. The highest BCUT2D eigenvalue weighted by atomic mass is 16.8. The quantitative estimate of drug-likeness (QED) is 0.0270. The molecule has 10 saturated heterocycles. The number of carboxylic acids is 1. The first-order chi connectivity index (χ1) is 68.3. The van der Waals surface area contributed by atoms with Gasteiger partial charge >= 0.3 is 5.97 Å². The zero-order chi connectivity index (χ0) is 108. The molecule has 10 aliphatic rings. The molecule has 55 atom stereocenters. The Labute approximate surface area is 821 Å². The van der Waals surface area contributed by atoms with Crippen LogP contribution in [0.4, 0.5) is 0 Å². The molecule has 10 fully saturated rings. The summed E-state index contributed by atoms with van der Waals surface area (Å²) in [5.41, 5.74) is 0. The first-order valence-corrected chi connectivity index (χ1v) is 46.0. The van der Waals surface area contributed by atoms with Crippen LogP contribution in [0.15, 0.2) is 0 Å². The standard InChI is InChI=1S/C81H136N6O58/c1-20-44(105)56(117)60(121)75(129-20)126-17-30(104)63(45(106)27(9-88)82-21(2)96)138-72-41(85-24(5)99)54(115)66(36(16-95)133-72)141-77-62(123)68(51(112)37(137-77)18-127-78-69(58(119)48(109)32(12-91)131-78)143-73-43(87-26(7)101)55(116)65(35(15-94)135-73)140-76-61(122)57(118)47(108)31(11-90)130-76)142-79-70(59(120)49(110)33(13-92)132-79)144-74-42(86-25(6)100)53(114)64(34(14-93)134-74)139-71-40(84-23(4)98)52(113)50(111)38(136-71)19-128-81(80(124)125)8-28(102)39(83-22(3)97)67(145-81)46(107)29(103)10-89/h20,27-79,88-95,102-123H,8-19H2,1-7H3,(H,82,96)(H,83,97)(H,84,98)(H,85,99)(H,86,100)(H,87,101)(H,124,125)/t20-,27-,28-,29+,30+,31+,32+,33+,34+,35+,36+,37+,38+,39+,40+,41+,42+,43+,44+,45+,46+,47-,48+,49+,50-,51+,52+,53+,54+,55+,56+,57-,58-,59-,60-,61+,62-,63+,64+,65+,66+,67+,68-,69-,70-,71?,72?,73?,74?,75?,76?,77?,78?,79?,81?/m0/s1. The lowest BCUT2D eigenvalue weighted by molar-refractivity contribution is -0.398. The number of ether oxygens (including phenoxy) is 20. The fraction of sp³-hybridized carbons (Fsp3) is 0.914. The average molecular weight is 2120 g/mol. The van der Waals surface area contributed by atoms with Crippen molar-refractivity contribution in [3.05, 3.63) is 0 Å². The summed E-state index contributed by atoms with van der Waals surface area (Å²) in [5.74, 6) is -11.1. The molecule has 0 aromatic heterocycles. The van der Waals surface area contributed by atoms with Gasteiger partial charge < -0.3 is 285 Å². The topological polar surface area (TPSA) is 1000 Å². The average Bonchev–Trinajstić information content (AvgIpc) is 0.764. The summed E-state index contributed by atoms with van der Waals surface area (Å²) < 4.78 is 119. The van der Waals surface area contributed by atoms with Crippen molar-refractivity contribution >= 4 is 41.4 Å². The van der Waals surface area contributed by atoms with Gasteiger partial charge in [0.25, 0.3) is 5.79 Å². The van der Waals surface area contributed by atoms with Crippen LogP contribution in [0.25, 0.3) is 0 Å². The van der Waals surface area contributed by atoms with E-state index in [9.17, 15) is 192 Å². The molecular formula is C81H136N6O58. The van der Waals surface area contributed by atoms with Crippen LogP contribution in [-0.4, -0.2) is 609 Å². The molecule has 0 radical (unpaired) electrons. The Bertz CT molecular complexity index is 4090. The van der Waals surface area contributed by atoms with E-state index in [1.54, 1.807) is 0 Å². The number of hydrogen-bond acceptors (Lipinski definition) is 57. The Morgan fingerprint density at radius 2 is 0.697 bits per heavy atom. The van der Waals surface area contributed by atoms with Crippen LogP contribution in [0.2, 0.25) is 0 Å². The molecule has 0 aromatic carbocycles. The van der Waals surface area contributed by atoms with Gasteiger partial charge in [0.1, 0.15) is 250 Å². The van der Waals surface area contributed by atoms with E-state index in [1.807, 2.05) is 0 Å². The van der Waals surface area contributed by atoms with Crippen LogP contribution in [0.5, 0.6) is 0 Å². The molecule has 0 aromatic rings. The molecule has 37 N–H and O–H groups in total. The molecule has 10 heterocycles. The minimum absolute atomic E-state index is 0.845. The molecule has 0 aliphatic carbocycles. The van der Waals surface area contributed by atoms with Gasteiger partial charge in [-0.25, -0.2) is 4.79 Å². The summed E-state index contributed by atoms with van der Waals surface area (Å²) in [7, 11) is 0. The fourth-order valence-corrected chi connectivity index (χ4v) is 18.3. The van der Waals surface area contributed by atoms with Gasteiger partial charge in [0, 0.05) is 48.0 Å². The summed E-state index contributed by atoms with van der Waals surface area (Å²) in [6.07, 6.45) is -107. The van der Waals surface area contributed by atoms with Gasteiger partial charge in [0.15, 0.2) is 56.6 Å². The van der Waals surface area contributed by atoms with Gasteiger partial charge in [-0.15, -0.1) is 0 Å². The molecule has 0 bridgehead atoms. The maximum atomic E-state index is 13.4. The monoisotopic (exact) mass is 2120 g/mol. The van der Waals surface area contributed by atoms with E-state index in [0.29, 0.717) is 0 Å². The van der Waals surface area contributed by atoms with Crippen molar-refractivity contribution < 1.29 is 287 Å².